The zero-order valence-corrected chi connectivity index (χ0v) is 8.44. The van der Waals surface area contributed by atoms with Gasteiger partial charge in [0.1, 0.15) is 30.1 Å². The standard InChI is InChI=1S/C3H3NO3S.C3H3NOS/c5-8(6)3-4-1-2-7-8;1-2-5-6-3-4-1/h1-3H;1-3H. The monoisotopic (exact) mass is 234 g/mol. The Morgan fingerprint density at radius 1 is 1.14 bits per heavy atom. The second-order valence-corrected chi connectivity index (χ2v) is 3.85. The first-order valence-electron chi connectivity index (χ1n) is 3.31. The molecular weight excluding hydrogens is 228 g/mol. The molecule has 2 aliphatic rings. The van der Waals surface area contributed by atoms with Gasteiger partial charge in [0.25, 0.3) is 0 Å². The van der Waals surface area contributed by atoms with E-state index < -0.39 is 10.1 Å². The minimum atomic E-state index is -3.46. The van der Waals surface area contributed by atoms with Crippen LogP contribution in [0.15, 0.2) is 34.9 Å². The summed E-state index contributed by atoms with van der Waals surface area (Å²) in [7, 11) is -3.46. The molecule has 0 bridgehead atoms. The Morgan fingerprint density at radius 2 is 1.93 bits per heavy atom. The van der Waals surface area contributed by atoms with Gasteiger partial charge in [0, 0.05) is 0 Å². The van der Waals surface area contributed by atoms with Crippen molar-refractivity contribution in [2.75, 3.05) is 0 Å². The van der Waals surface area contributed by atoms with E-state index in [4.69, 9.17) is 0 Å². The smallest absolute Gasteiger partial charge is 0.349 e. The van der Waals surface area contributed by atoms with Gasteiger partial charge in [0.2, 0.25) is 0 Å². The van der Waals surface area contributed by atoms with Crippen LogP contribution in [-0.2, 0) is 18.5 Å². The normalized spacial score (nSPS) is 20.3. The summed E-state index contributed by atoms with van der Waals surface area (Å²) in [6, 6.07) is 0. The van der Waals surface area contributed by atoms with Crippen molar-refractivity contribution in [2.45, 2.75) is 0 Å². The van der Waals surface area contributed by atoms with Crippen LogP contribution in [0.5, 0.6) is 0 Å². The van der Waals surface area contributed by atoms with Crippen LogP contribution >= 0.6 is 12.0 Å². The fourth-order valence-electron chi connectivity index (χ4n) is 0.449. The van der Waals surface area contributed by atoms with E-state index in [1.807, 2.05) is 0 Å². The fourth-order valence-corrected chi connectivity index (χ4v) is 1.21. The summed E-state index contributed by atoms with van der Waals surface area (Å²) in [4.78, 5) is 7.02. The molecule has 8 heteroatoms. The third kappa shape index (κ3) is 4.67. The minimum absolute atomic E-state index is 0.743. The van der Waals surface area contributed by atoms with Gasteiger partial charge in [-0.1, -0.05) is 0 Å². The van der Waals surface area contributed by atoms with E-state index in [2.05, 4.69) is 18.4 Å². The highest BCUT2D eigenvalue weighted by atomic mass is 32.2. The summed E-state index contributed by atoms with van der Waals surface area (Å²) >= 11 is 1.22. The van der Waals surface area contributed by atoms with Gasteiger partial charge in [-0.2, -0.15) is 8.42 Å². The van der Waals surface area contributed by atoms with E-state index in [1.165, 1.54) is 24.5 Å². The predicted molar refractivity (Wildman–Crippen MR) is 53.9 cm³/mol. The van der Waals surface area contributed by atoms with E-state index in [1.54, 1.807) is 11.7 Å². The molecule has 0 saturated heterocycles. The summed E-state index contributed by atoms with van der Waals surface area (Å²) in [5, 5.41) is 0. The molecule has 2 rings (SSSR count). The van der Waals surface area contributed by atoms with Crippen LogP contribution in [0, 0.1) is 0 Å². The zero-order valence-electron chi connectivity index (χ0n) is 6.81. The first-order valence-corrected chi connectivity index (χ1v) is 5.59. The molecule has 0 saturated carbocycles. The molecule has 0 N–H and O–H groups in total. The predicted octanol–water partition coefficient (Wildman–Crippen LogP) is 1.01. The van der Waals surface area contributed by atoms with Gasteiger partial charge in [-0.05, 0) is 0 Å². The maximum atomic E-state index is 10.2. The van der Waals surface area contributed by atoms with Crippen molar-refractivity contribution in [3.8, 4) is 0 Å². The summed E-state index contributed by atoms with van der Waals surface area (Å²) in [5.74, 6) is 0. The average molecular weight is 234 g/mol. The highest BCUT2D eigenvalue weighted by Gasteiger charge is 2.05. The van der Waals surface area contributed by atoms with E-state index in [-0.39, 0.29) is 0 Å². The van der Waals surface area contributed by atoms with Crippen LogP contribution in [0.4, 0.5) is 0 Å². The average Bonchev–Trinajstić information content (AvgIpc) is 2.21. The van der Waals surface area contributed by atoms with E-state index >= 15 is 0 Å². The molecule has 6 nitrogen and oxygen atoms in total. The minimum Gasteiger partial charge on any atom is -0.426 e. The first kappa shape index (κ1) is 10.8. The van der Waals surface area contributed by atoms with Crippen molar-refractivity contribution in [3.63, 3.8) is 0 Å². The van der Waals surface area contributed by atoms with Gasteiger partial charge in [0.15, 0.2) is 5.55 Å². The van der Waals surface area contributed by atoms with Gasteiger partial charge >= 0.3 is 10.1 Å². The SMILES string of the molecule is C1=COSC=N1.O=S1(=O)C=NC=CO1. The van der Waals surface area contributed by atoms with Crippen molar-refractivity contribution in [1.29, 1.82) is 0 Å². The third-order valence-electron chi connectivity index (χ3n) is 0.888. The molecule has 0 atom stereocenters. The zero-order chi connectivity index (χ0) is 10.3. The van der Waals surface area contributed by atoms with Crippen molar-refractivity contribution < 1.29 is 16.8 Å². The fraction of sp³-hybridized carbons (Fsp3) is 0. The Hall–Kier alpha value is -1.28. The van der Waals surface area contributed by atoms with E-state index in [0.29, 0.717) is 0 Å². The Bertz CT molecular complexity index is 371. The molecule has 2 heterocycles. The highest BCUT2D eigenvalue weighted by molar-refractivity contribution is 8.08. The largest absolute Gasteiger partial charge is 0.426 e. The lowest BCUT2D eigenvalue weighted by Crippen LogP contribution is -2.03. The lowest BCUT2D eigenvalue weighted by molar-refractivity contribution is 0.454. The third-order valence-corrected chi connectivity index (χ3v) is 2.08. The number of aliphatic imine (C=N–C) groups is 2. The quantitative estimate of drug-likeness (QED) is 0.461. The maximum Gasteiger partial charge on any atom is 0.349 e. The van der Waals surface area contributed by atoms with E-state index in [9.17, 15) is 8.42 Å². The molecule has 2 aliphatic heterocycles. The first-order chi connectivity index (χ1) is 6.71. The second-order valence-electron chi connectivity index (χ2n) is 1.86. The van der Waals surface area contributed by atoms with Gasteiger partial charge in [-0.15, -0.1) is 0 Å². The van der Waals surface area contributed by atoms with Gasteiger partial charge in [-0.25, -0.2) is 4.99 Å². The molecule has 0 radical (unpaired) electrons. The Morgan fingerprint density at radius 3 is 2.14 bits per heavy atom. The molecular formula is C6H6N2O4S2. The molecule has 0 aliphatic carbocycles. The van der Waals surface area contributed by atoms with Crippen molar-refractivity contribution in [3.05, 3.63) is 24.9 Å². The molecule has 0 spiro atoms. The molecule has 14 heavy (non-hydrogen) atoms. The summed E-state index contributed by atoms with van der Waals surface area (Å²) in [6.45, 7) is 0. The number of hydrogen-bond donors (Lipinski definition) is 0. The number of rotatable bonds is 0. The molecule has 0 unspecified atom stereocenters. The van der Waals surface area contributed by atoms with Crippen LogP contribution < -0.4 is 0 Å². The topological polar surface area (TPSA) is 77.3 Å². The van der Waals surface area contributed by atoms with Crippen LogP contribution in [0.2, 0.25) is 0 Å². The van der Waals surface area contributed by atoms with Gasteiger partial charge < -0.3 is 8.37 Å². The van der Waals surface area contributed by atoms with Crippen LogP contribution in [0.25, 0.3) is 0 Å². The Balaban J connectivity index is 0.000000146. The Kier molecular flexibility index (Phi) is 4.20. The van der Waals surface area contributed by atoms with Crippen LogP contribution in [0.1, 0.15) is 0 Å². The summed E-state index contributed by atoms with van der Waals surface area (Å²) < 4.78 is 29.2. The second kappa shape index (κ2) is 5.45. The van der Waals surface area contributed by atoms with E-state index in [0.717, 1.165) is 11.8 Å². The molecule has 0 aromatic carbocycles. The molecule has 0 aromatic rings. The molecule has 0 fully saturated rings. The molecule has 0 amide bonds. The van der Waals surface area contributed by atoms with Gasteiger partial charge in [-0.3, -0.25) is 4.99 Å². The lowest BCUT2D eigenvalue weighted by atomic mass is 11.0. The number of hydrogen-bond acceptors (Lipinski definition) is 7. The van der Waals surface area contributed by atoms with Crippen molar-refractivity contribution >= 4 is 33.3 Å². The van der Waals surface area contributed by atoms with Gasteiger partial charge in [0.05, 0.1) is 12.4 Å². The number of nitrogens with zero attached hydrogens (tertiary/aromatic N) is 2. The maximum absolute atomic E-state index is 10.2. The highest BCUT2D eigenvalue weighted by Crippen LogP contribution is 2.02. The van der Waals surface area contributed by atoms with Crippen molar-refractivity contribution in [1.82, 2.24) is 0 Å². The van der Waals surface area contributed by atoms with Crippen LogP contribution in [0.3, 0.4) is 0 Å². The molecule has 76 valence electrons. The Labute approximate surface area is 85.4 Å². The summed E-state index contributed by atoms with van der Waals surface area (Å²) in [5.41, 5.74) is 2.37. The summed E-state index contributed by atoms with van der Waals surface area (Å²) in [6.07, 6.45) is 5.39. The lowest BCUT2D eigenvalue weighted by Gasteiger charge is -1.96. The van der Waals surface area contributed by atoms with Crippen molar-refractivity contribution in [2.24, 2.45) is 9.98 Å². The van der Waals surface area contributed by atoms with Crippen LogP contribution in [-0.4, -0.2) is 19.5 Å². The molecule has 0 aromatic heterocycles.